The summed E-state index contributed by atoms with van der Waals surface area (Å²) in [6, 6.07) is 13.1. The van der Waals surface area contributed by atoms with Crippen LogP contribution in [0.15, 0.2) is 71.9 Å². The van der Waals surface area contributed by atoms with Crippen LogP contribution in [0.3, 0.4) is 0 Å². The van der Waals surface area contributed by atoms with E-state index >= 15 is 0 Å². The van der Waals surface area contributed by atoms with E-state index in [1.54, 1.807) is 24.5 Å². The number of hydrogen-bond donors (Lipinski definition) is 0. The first-order chi connectivity index (χ1) is 13.7. The molecule has 0 saturated carbocycles. The van der Waals surface area contributed by atoms with Gasteiger partial charge in [-0.3, -0.25) is 9.78 Å². The molecule has 0 bridgehead atoms. The third-order valence-electron chi connectivity index (χ3n) is 5.14. The zero-order chi connectivity index (χ0) is 19.1. The normalized spacial score (nSPS) is 12.5. The highest BCUT2D eigenvalue weighted by molar-refractivity contribution is 5.73. The zero-order valence-electron chi connectivity index (χ0n) is 15.0. The number of fused-ring (bicyclic) bond motifs is 2. The van der Waals surface area contributed by atoms with Gasteiger partial charge in [0, 0.05) is 11.8 Å². The molecule has 0 aliphatic heterocycles. The minimum absolute atomic E-state index is 0.140. The van der Waals surface area contributed by atoms with Gasteiger partial charge in [-0.25, -0.2) is 9.37 Å². The van der Waals surface area contributed by atoms with E-state index in [2.05, 4.69) is 34.3 Å². The molecule has 5 rings (SSSR count). The Hall–Kier alpha value is -3.60. The average molecular weight is 369 g/mol. The largest absolute Gasteiger partial charge is 0.301 e. The number of aromatic nitrogens is 3. The summed E-state index contributed by atoms with van der Waals surface area (Å²) >= 11 is 0. The lowest BCUT2D eigenvalue weighted by Crippen LogP contribution is -2.21. The van der Waals surface area contributed by atoms with Crippen molar-refractivity contribution in [1.82, 2.24) is 14.5 Å². The second-order valence-electron chi connectivity index (χ2n) is 6.87. The van der Waals surface area contributed by atoms with E-state index in [0.717, 1.165) is 17.5 Å². The Morgan fingerprint density at radius 2 is 1.89 bits per heavy atom. The molecule has 2 aromatic heterocycles. The Bertz CT molecular complexity index is 1310. The SMILES string of the molecule is O=c1cnc2cnccc2n1Cc1ccc(-c2ccc3c(c2)C=CC3)cc1F. The minimum atomic E-state index is -0.334. The van der Waals surface area contributed by atoms with Crippen molar-refractivity contribution in [2.75, 3.05) is 0 Å². The van der Waals surface area contributed by atoms with Gasteiger partial charge in [0.15, 0.2) is 0 Å². The maximum absolute atomic E-state index is 14.9. The molecule has 1 aliphatic rings. The highest BCUT2D eigenvalue weighted by Gasteiger charge is 2.11. The Labute approximate surface area is 160 Å². The van der Waals surface area contributed by atoms with E-state index in [0.29, 0.717) is 16.6 Å². The molecule has 1 aliphatic carbocycles. The highest BCUT2D eigenvalue weighted by atomic mass is 19.1. The summed E-state index contributed by atoms with van der Waals surface area (Å²) in [5, 5.41) is 0. The summed E-state index contributed by atoms with van der Waals surface area (Å²) in [6.45, 7) is 0.140. The van der Waals surface area contributed by atoms with E-state index in [4.69, 9.17) is 0 Å². The number of benzene rings is 2. The van der Waals surface area contributed by atoms with Crippen molar-refractivity contribution < 1.29 is 4.39 Å². The fraction of sp³-hybridized carbons (Fsp3) is 0.0870. The topological polar surface area (TPSA) is 47.8 Å². The predicted octanol–water partition coefficient (Wildman–Crippen LogP) is 4.22. The lowest BCUT2D eigenvalue weighted by Gasteiger charge is -2.11. The van der Waals surface area contributed by atoms with E-state index in [9.17, 15) is 9.18 Å². The smallest absolute Gasteiger partial charge is 0.269 e. The first-order valence-corrected chi connectivity index (χ1v) is 9.07. The quantitative estimate of drug-likeness (QED) is 0.543. The van der Waals surface area contributed by atoms with E-state index in [1.165, 1.54) is 28.0 Å². The van der Waals surface area contributed by atoms with Gasteiger partial charge in [0.25, 0.3) is 5.56 Å². The minimum Gasteiger partial charge on any atom is -0.301 e. The Balaban J connectivity index is 1.52. The predicted molar refractivity (Wildman–Crippen MR) is 107 cm³/mol. The summed E-state index contributed by atoms with van der Waals surface area (Å²) in [6.07, 6.45) is 9.61. The Morgan fingerprint density at radius 1 is 1.04 bits per heavy atom. The first-order valence-electron chi connectivity index (χ1n) is 9.07. The first kappa shape index (κ1) is 16.6. The van der Waals surface area contributed by atoms with Gasteiger partial charge in [0.05, 0.1) is 24.5 Å². The molecule has 0 radical (unpaired) electrons. The van der Waals surface area contributed by atoms with Gasteiger partial charge in [-0.15, -0.1) is 0 Å². The summed E-state index contributed by atoms with van der Waals surface area (Å²) in [4.78, 5) is 20.4. The number of rotatable bonds is 3. The number of pyridine rings is 1. The van der Waals surface area contributed by atoms with Crippen LogP contribution < -0.4 is 5.56 Å². The fourth-order valence-corrected chi connectivity index (χ4v) is 3.64. The standard InChI is InChI=1S/C23H16FN3O/c24-20-11-18(17-5-4-15-2-1-3-16(15)10-17)6-7-19(20)14-27-22-8-9-25-12-21(22)26-13-23(27)28/h1,3-13H,2,14H2. The molecule has 0 saturated heterocycles. The van der Waals surface area contributed by atoms with E-state index in [1.807, 2.05) is 12.1 Å². The summed E-state index contributed by atoms with van der Waals surface area (Å²) < 4.78 is 16.4. The van der Waals surface area contributed by atoms with Crippen LogP contribution in [0.4, 0.5) is 4.39 Å². The Kier molecular flexibility index (Phi) is 3.86. The average Bonchev–Trinajstić information content (AvgIpc) is 3.19. The van der Waals surface area contributed by atoms with Crippen LogP contribution in [0.25, 0.3) is 28.2 Å². The van der Waals surface area contributed by atoms with Gasteiger partial charge in [-0.2, -0.15) is 0 Å². The summed E-state index contributed by atoms with van der Waals surface area (Å²) in [7, 11) is 0. The van der Waals surface area contributed by atoms with Gasteiger partial charge < -0.3 is 4.57 Å². The van der Waals surface area contributed by atoms with Gasteiger partial charge in [-0.05, 0) is 46.9 Å². The van der Waals surface area contributed by atoms with Gasteiger partial charge in [-0.1, -0.05) is 36.4 Å². The van der Waals surface area contributed by atoms with Gasteiger partial charge in [0.1, 0.15) is 11.3 Å². The Morgan fingerprint density at radius 3 is 2.79 bits per heavy atom. The third-order valence-corrected chi connectivity index (χ3v) is 5.14. The van der Waals surface area contributed by atoms with Gasteiger partial charge >= 0.3 is 0 Å². The molecule has 0 fully saturated rings. The molecule has 0 unspecified atom stereocenters. The molecule has 0 amide bonds. The molecular formula is C23H16FN3O. The maximum atomic E-state index is 14.9. The van der Waals surface area contributed by atoms with Crippen LogP contribution in [-0.2, 0) is 13.0 Å². The molecule has 136 valence electrons. The van der Waals surface area contributed by atoms with Crippen molar-refractivity contribution in [3.8, 4) is 11.1 Å². The van der Waals surface area contributed by atoms with Crippen LogP contribution in [-0.4, -0.2) is 14.5 Å². The fourth-order valence-electron chi connectivity index (χ4n) is 3.64. The number of allylic oxidation sites excluding steroid dienone is 1. The van der Waals surface area contributed by atoms with Crippen molar-refractivity contribution >= 4 is 17.1 Å². The monoisotopic (exact) mass is 369 g/mol. The molecule has 0 spiro atoms. The van der Waals surface area contributed by atoms with Crippen molar-refractivity contribution in [2.45, 2.75) is 13.0 Å². The van der Waals surface area contributed by atoms with Crippen LogP contribution >= 0.6 is 0 Å². The number of halogens is 1. The third kappa shape index (κ3) is 2.81. The zero-order valence-corrected chi connectivity index (χ0v) is 15.0. The molecule has 2 heterocycles. The molecule has 0 atom stereocenters. The molecule has 4 aromatic rings. The van der Waals surface area contributed by atoms with E-state index < -0.39 is 0 Å². The van der Waals surface area contributed by atoms with Gasteiger partial charge in [0.2, 0.25) is 0 Å². The summed E-state index contributed by atoms with van der Waals surface area (Å²) in [5.74, 6) is -0.334. The molecule has 0 N–H and O–H groups in total. The lowest BCUT2D eigenvalue weighted by molar-refractivity contribution is 0.599. The van der Waals surface area contributed by atoms with Crippen LogP contribution in [0.1, 0.15) is 16.7 Å². The molecule has 28 heavy (non-hydrogen) atoms. The van der Waals surface area contributed by atoms with Crippen molar-refractivity contribution in [2.24, 2.45) is 0 Å². The second kappa shape index (κ2) is 6.53. The lowest BCUT2D eigenvalue weighted by atomic mass is 9.99. The number of hydrogen-bond acceptors (Lipinski definition) is 3. The molecule has 2 aromatic carbocycles. The molecule has 4 nitrogen and oxygen atoms in total. The molecule has 5 heteroatoms. The van der Waals surface area contributed by atoms with Crippen LogP contribution in [0, 0.1) is 5.82 Å². The molecular weight excluding hydrogens is 353 g/mol. The summed E-state index contributed by atoms with van der Waals surface area (Å²) in [5.41, 5.74) is 5.70. The van der Waals surface area contributed by atoms with Crippen molar-refractivity contribution in [3.05, 3.63) is 100.0 Å². The van der Waals surface area contributed by atoms with Crippen LogP contribution in [0.2, 0.25) is 0 Å². The maximum Gasteiger partial charge on any atom is 0.269 e. The second-order valence-corrected chi connectivity index (χ2v) is 6.87. The van der Waals surface area contributed by atoms with Crippen molar-refractivity contribution in [3.63, 3.8) is 0 Å². The van der Waals surface area contributed by atoms with Crippen molar-refractivity contribution in [1.29, 1.82) is 0 Å². The number of nitrogens with zero attached hydrogens (tertiary/aromatic N) is 3. The van der Waals surface area contributed by atoms with E-state index in [-0.39, 0.29) is 17.9 Å². The highest BCUT2D eigenvalue weighted by Crippen LogP contribution is 2.28. The van der Waals surface area contributed by atoms with Crippen LogP contribution in [0.5, 0.6) is 0 Å².